The molecule has 7 nitrogen and oxygen atoms in total. The third-order valence-electron chi connectivity index (χ3n) is 4.11. The van der Waals surface area contributed by atoms with Crippen molar-refractivity contribution >= 4 is 27.6 Å². The van der Waals surface area contributed by atoms with E-state index in [9.17, 15) is 13.2 Å². The van der Waals surface area contributed by atoms with Crippen LogP contribution in [0.3, 0.4) is 0 Å². The normalized spacial score (nSPS) is 11.4. The van der Waals surface area contributed by atoms with Crippen molar-refractivity contribution in [1.29, 1.82) is 0 Å². The van der Waals surface area contributed by atoms with E-state index in [2.05, 4.69) is 26.9 Å². The van der Waals surface area contributed by atoms with Crippen LogP contribution < -0.4 is 10.0 Å². The van der Waals surface area contributed by atoms with E-state index >= 15 is 0 Å². The Morgan fingerprint density at radius 1 is 1.19 bits per heavy atom. The average Bonchev–Trinajstić information content (AvgIpc) is 2.60. The van der Waals surface area contributed by atoms with Crippen LogP contribution in [0.2, 0.25) is 0 Å². The zero-order valence-electron chi connectivity index (χ0n) is 16.1. The van der Waals surface area contributed by atoms with Crippen molar-refractivity contribution in [2.45, 2.75) is 52.2 Å². The topological polar surface area (TPSA) is 101 Å². The molecule has 0 radical (unpaired) electrons. The molecule has 2 rings (SSSR count). The summed E-state index contributed by atoms with van der Waals surface area (Å²) in [5.74, 6) is -0.384. The first-order chi connectivity index (χ1) is 12.7. The number of amides is 1. The molecule has 1 amide bonds. The number of carbonyl (C=O) groups excluding carboxylic acids is 1. The maximum Gasteiger partial charge on any atom is 0.259 e. The molecule has 8 heteroatoms. The fourth-order valence-corrected chi connectivity index (χ4v) is 2.91. The molecule has 1 aromatic carbocycles. The van der Waals surface area contributed by atoms with Crippen LogP contribution in [0.25, 0.3) is 0 Å². The summed E-state index contributed by atoms with van der Waals surface area (Å²) in [5, 5.41) is 2.20. The molecule has 1 aromatic heterocycles. The number of sulfonamides is 1. The molecule has 0 aliphatic rings. The summed E-state index contributed by atoms with van der Waals surface area (Å²) >= 11 is 0. The van der Waals surface area contributed by atoms with E-state index in [0.29, 0.717) is 11.4 Å². The molecule has 0 aliphatic carbocycles. The molecule has 0 saturated carbocycles. The molecule has 0 saturated heterocycles. The zero-order valence-corrected chi connectivity index (χ0v) is 16.9. The number of hydrogen-bond donors (Lipinski definition) is 2. The number of anilines is 2. The van der Waals surface area contributed by atoms with Crippen LogP contribution >= 0.6 is 0 Å². The smallest absolute Gasteiger partial charge is 0.259 e. The Morgan fingerprint density at radius 2 is 1.85 bits per heavy atom. The monoisotopic (exact) mass is 390 g/mol. The second-order valence-corrected chi connectivity index (χ2v) is 8.88. The van der Waals surface area contributed by atoms with E-state index in [1.165, 1.54) is 11.8 Å². The number of unbranched alkanes of at least 4 members (excludes halogenated alkanes) is 1. The van der Waals surface area contributed by atoms with Gasteiger partial charge in [-0.15, -0.1) is 0 Å². The highest BCUT2D eigenvalue weighted by atomic mass is 32.2. The number of carbonyl (C=O) groups is 1. The van der Waals surface area contributed by atoms with Gasteiger partial charge < -0.3 is 5.32 Å². The predicted octanol–water partition coefficient (Wildman–Crippen LogP) is 3.53. The first-order valence-electron chi connectivity index (χ1n) is 8.98. The Labute approximate surface area is 160 Å². The zero-order chi connectivity index (χ0) is 20.0. The van der Waals surface area contributed by atoms with Crippen molar-refractivity contribution in [3.8, 4) is 0 Å². The van der Waals surface area contributed by atoms with Gasteiger partial charge in [-0.1, -0.05) is 25.5 Å². The van der Waals surface area contributed by atoms with Gasteiger partial charge in [-0.3, -0.25) is 9.52 Å². The maximum atomic E-state index is 12.5. The van der Waals surface area contributed by atoms with Crippen LogP contribution in [-0.4, -0.2) is 29.5 Å². The Morgan fingerprint density at radius 3 is 2.41 bits per heavy atom. The fourth-order valence-electron chi connectivity index (χ4n) is 2.32. The van der Waals surface area contributed by atoms with Gasteiger partial charge in [0.2, 0.25) is 16.0 Å². The van der Waals surface area contributed by atoms with E-state index < -0.39 is 15.3 Å². The lowest BCUT2D eigenvalue weighted by molar-refractivity contribution is 0.102. The van der Waals surface area contributed by atoms with Gasteiger partial charge in [0.05, 0.1) is 16.5 Å². The second-order valence-electron chi connectivity index (χ2n) is 6.64. The Bertz CT molecular complexity index is 894. The average molecular weight is 391 g/mol. The summed E-state index contributed by atoms with van der Waals surface area (Å²) in [5.41, 5.74) is 2.60. The molecule has 27 heavy (non-hydrogen) atoms. The first-order valence-corrected chi connectivity index (χ1v) is 10.5. The number of hydrogen-bond acceptors (Lipinski definition) is 5. The van der Waals surface area contributed by atoms with Crippen LogP contribution in [0.4, 0.5) is 11.6 Å². The molecule has 1 heterocycles. The van der Waals surface area contributed by atoms with Crippen molar-refractivity contribution in [2.75, 3.05) is 10.0 Å². The highest BCUT2D eigenvalue weighted by molar-refractivity contribution is 7.93. The summed E-state index contributed by atoms with van der Waals surface area (Å²) in [7, 11) is -3.54. The minimum Gasteiger partial charge on any atom is -0.322 e. The fraction of sp³-hybridized carbons (Fsp3) is 0.421. The minimum absolute atomic E-state index is 0.0435. The van der Waals surface area contributed by atoms with Crippen molar-refractivity contribution < 1.29 is 13.2 Å². The number of benzene rings is 1. The molecule has 0 unspecified atom stereocenters. The first kappa shape index (κ1) is 20.8. The number of aromatic nitrogens is 2. The molecule has 2 N–H and O–H groups in total. The van der Waals surface area contributed by atoms with Crippen LogP contribution in [0.5, 0.6) is 0 Å². The second kappa shape index (κ2) is 8.94. The molecular formula is C19H26N4O3S. The van der Waals surface area contributed by atoms with Gasteiger partial charge in [0, 0.05) is 11.9 Å². The van der Waals surface area contributed by atoms with E-state index in [4.69, 9.17) is 0 Å². The summed E-state index contributed by atoms with van der Waals surface area (Å²) in [6.45, 7) is 6.91. The molecule has 2 aromatic rings. The van der Waals surface area contributed by atoms with Gasteiger partial charge in [0.1, 0.15) is 0 Å². The molecule has 0 atom stereocenters. The quantitative estimate of drug-likeness (QED) is 0.718. The van der Waals surface area contributed by atoms with Crippen LogP contribution in [0, 0.1) is 6.92 Å². The van der Waals surface area contributed by atoms with Crippen molar-refractivity contribution in [3.63, 3.8) is 0 Å². The standard InChI is InChI=1S/C19H26N4O3S/c1-5-6-7-15-8-10-16(11-9-15)22-18(24)17-12-20-19(21-14(17)4)23-27(25,26)13(2)3/h8-13H,5-7H2,1-4H3,(H,22,24)(H,20,21,23). The van der Waals surface area contributed by atoms with Crippen molar-refractivity contribution in [3.05, 3.63) is 47.3 Å². The third kappa shape index (κ3) is 5.75. The highest BCUT2D eigenvalue weighted by Gasteiger charge is 2.18. The Hall–Kier alpha value is -2.48. The summed E-state index contributed by atoms with van der Waals surface area (Å²) in [6, 6.07) is 7.73. The largest absolute Gasteiger partial charge is 0.322 e. The predicted molar refractivity (Wildman–Crippen MR) is 107 cm³/mol. The van der Waals surface area contributed by atoms with Crippen LogP contribution in [0.15, 0.2) is 30.5 Å². The van der Waals surface area contributed by atoms with Crippen LogP contribution in [0.1, 0.15) is 55.2 Å². The van der Waals surface area contributed by atoms with Gasteiger partial charge in [-0.2, -0.15) is 0 Å². The number of rotatable bonds is 8. The number of aryl methyl sites for hydroxylation is 2. The minimum atomic E-state index is -3.54. The van der Waals surface area contributed by atoms with E-state index in [0.717, 1.165) is 19.3 Å². The van der Waals surface area contributed by atoms with Crippen molar-refractivity contribution in [2.24, 2.45) is 0 Å². The van der Waals surface area contributed by atoms with Gasteiger partial charge in [-0.25, -0.2) is 18.4 Å². The SMILES string of the molecule is CCCCc1ccc(NC(=O)c2cnc(NS(=O)(=O)C(C)C)nc2C)cc1. The summed E-state index contributed by atoms with van der Waals surface area (Å²) in [4.78, 5) is 20.5. The lowest BCUT2D eigenvalue weighted by atomic mass is 10.1. The molecule has 0 fully saturated rings. The highest BCUT2D eigenvalue weighted by Crippen LogP contribution is 2.15. The Balaban J connectivity index is 2.08. The lowest BCUT2D eigenvalue weighted by Gasteiger charge is -2.11. The van der Waals surface area contributed by atoms with Gasteiger partial charge in [0.25, 0.3) is 5.91 Å². The molecule has 0 bridgehead atoms. The Kier molecular flexibility index (Phi) is 6.90. The number of nitrogens with zero attached hydrogens (tertiary/aromatic N) is 2. The van der Waals surface area contributed by atoms with Gasteiger partial charge in [-0.05, 0) is 51.3 Å². The lowest BCUT2D eigenvalue weighted by Crippen LogP contribution is -2.24. The molecule has 146 valence electrons. The summed E-state index contributed by atoms with van der Waals surface area (Å²) < 4.78 is 26.1. The van der Waals surface area contributed by atoms with Gasteiger partial charge >= 0.3 is 0 Å². The van der Waals surface area contributed by atoms with Crippen LogP contribution in [-0.2, 0) is 16.4 Å². The summed E-state index contributed by atoms with van der Waals surface area (Å²) in [6.07, 6.45) is 4.62. The number of nitrogens with one attached hydrogen (secondary N) is 2. The van der Waals surface area contributed by atoms with E-state index in [-0.39, 0.29) is 17.4 Å². The third-order valence-corrected chi connectivity index (χ3v) is 5.82. The molecular weight excluding hydrogens is 364 g/mol. The van der Waals surface area contributed by atoms with E-state index in [1.807, 2.05) is 24.3 Å². The molecule has 0 spiro atoms. The van der Waals surface area contributed by atoms with E-state index in [1.54, 1.807) is 20.8 Å². The molecule has 0 aliphatic heterocycles. The maximum absolute atomic E-state index is 12.5. The van der Waals surface area contributed by atoms with Crippen molar-refractivity contribution in [1.82, 2.24) is 9.97 Å². The van der Waals surface area contributed by atoms with Gasteiger partial charge in [0.15, 0.2) is 0 Å².